The monoisotopic (exact) mass is 255 g/mol. The van der Waals surface area contributed by atoms with Crippen molar-refractivity contribution in [2.75, 3.05) is 34.7 Å². The van der Waals surface area contributed by atoms with Crippen molar-refractivity contribution in [2.24, 2.45) is 4.99 Å². The van der Waals surface area contributed by atoms with Crippen molar-refractivity contribution in [3.8, 4) is 0 Å². The smallest absolute Gasteiger partial charge is 0.195 e. The van der Waals surface area contributed by atoms with E-state index in [1.807, 2.05) is 54.8 Å². The third-order valence-corrected chi connectivity index (χ3v) is 3.15. The SMILES string of the molecule is CN(C)C(=NCC(C)(O)c1ccsc1)N(C)C. The van der Waals surface area contributed by atoms with Gasteiger partial charge in [-0.2, -0.15) is 11.3 Å². The first-order valence-electron chi connectivity index (χ1n) is 5.49. The van der Waals surface area contributed by atoms with Gasteiger partial charge in [0.05, 0.1) is 6.54 Å². The highest BCUT2D eigenvalue weighted by Gasteiger charge is 2.23. The van der Waals surface area contributed by atoms with Crippen molar-refractivity contribution in [1.29, 1.82) is 0 Å². The van der Waals surface area contributed by atoms with E-state index in [0.717, 1.165) is 11.5 Å². The van der Waals surface area contributed by atoms with Gasteiger partial charge in [0.15, 0.2) is 5.96 Å². The molecule has 1 heterocycles. The van der Waals surface area contributed by atoms with Crippen LogP contribution in [0.3, 0.4) is 0 Å². The van der Waals surface area contributed by atoms with E-state index >= 15 is 0 Å². The molecule has 0 aliphatic rings. The molecule has 1 atom stereocenters. The summed E-state index contributed by atoms with van der Waals surface area (Å²) in [6.45, 7) is 2.15. The predicted molar refractivity (Wildman–Crippen MR) is 73.6 cm³/mol. The van der Waals surface area contributed by atoms with Gasteiger partial charge in [-0.15, -0.1) is 0 Å². The summed E-state index contributed by atoms with van der Waals surface area (Å²) in [5.74, 6) is 0.848. The Morgan fingerprint density at radius 1 is 1.35 bits per heavy atom. The molecule has 1 aromatic rings. The van der Waals surface area contributed by atoms with Gasteiger partial charge in [-0.1, -0.05) is 0 Å². The minimum atomic E-state index is -0.905. The molecule has 5 heteroatoms. The zero-order chi connectivity index (χ0) is 13.1. The van der Waals surface area contributed by atoms with Crippen molar-refractivity contribution in [1.82, 2.24) is 9.80 Å². The second-order valence-corrected chi connectivity index (χ2v) is 5.47. The van der Waals surface area contributed by atoms with Crippen molar-refractivity contribution >= 4 is 17.3 Å². The maximum atomic E-state index is 10.3. The molecule has 0 aliphatic carbocycles. The van der Waals surface area contributed by atoms with E-state index < -0.39 is 5.60 Å². The third kappa shape index (κ3) is 3.71. The Morgan fingerprint density at radius 3 is 2.35 bits per heavy atom. The number of hydrogen-bond donors (Lipinski definition) is 1. The fourth-order valence-corrected chi connectivity index (χ4v) is 2.35. The molecule has 0 saturated heterocycles. The van der Waals surface area contributed by atoms with Gasteiger partial charge in [-0.3, -0.25) is 0 Å². The highest BCUT2D eigenvalue weighted by Crippen LogP contribution is 2.23. The van der Waals surface area contributed by atoms with Crippen molar-refractivity contribution in [3.63, 3.8) is 0 Å². The van der Waals surface area contributed by atoms with Gasteiger partial charge in [0.1, 0.15) is 5.60 Å². The van der Waals surface area contributed by atoms with Crippen LogP contribution in [0.2, 0.25) is 0 Å². The maximum Gasteiger partial charge on any atom is 0.195 e. The molecule has 17 heavy (non-hydrogen) atoms. The molecule has 1 unspecified atom stereocenters. The van der Waals surface area contributed by atoms with E-state index in [9.17, 15) is 5.11 Å². The number of hydrogen-bond acceptors (Lipinski definition) is 3. The average Bonchev–Trinajstić information content (AvgIpc) is 2.69. The Balaban J connectivity index is 2.80. The molecule has 0 amide bonds. The van der Waals surface area contributed by atoms with Gasteiger partial charge < -0.3 is 14.9 Å². The van der Waals surface area contributed by atoms with Gasteiger partial charge in [-0.05, 0) is 29.3 Å². The minimum absolute atomic E-state index is 0.357. The molecule has 4 nitrogen and oxygen atoms in total. The van der Waals surface area contributed by atoms with Crippen LogP contribution in [-0.4, -0.2) is 55.6 Å². The Labute approximate surface area is 107 Å². The number of nitrogens with zero attached hydrogens (tertiary/aromatic N) is 3. The summed E-state index contributed by atoms with van der Waals surface area (Å²) in [7, 11) is 7.77. The topological polar surface area (TPSA) is 39.1 Å². The molecule has 0 saturated carbocycles. The van der Waals surface area contributed by atoms with Gasteiger partial charge in [0, 0.05) is 28.2 Å². The van der Waals surface area contributed by atoms with Crippen molar-refractivity contribution in [3.05, 3.63) is 22.4 Å². The van der Waals surface area contributed by atoms with Crippen LogP contribution >= 0.6 is 11.3 Å². The zero-order valence-electron chi connectivity index (χ0n) is 11.1. The Morgan fingerprint density at radius 2 is 1.94 bits per heavy atom. The Bertz CT molecular complexity index is 359. The van der Waals surface area contributed by atoms with Gasteiger partial charge in [0.25, 0.3) is 0 Å². The van der Waals surface area contributed by atoms with Crippen LogP contribution in [0.1, 0.15) is 12.5 Å². The number of guanidine groups is 1. The second kappa shape index (κ2) is 5.51. The third-order valence-electron chi connectivity index (χ3n) is 2.47. The summed E-state index contributed by atoms with van der Waals surface area (Å²) in [6.07, 6.45) is 0. The van der Waals surface area contributed by atoms with Crippen LogP contribution in [0.15, 0.2) is 21.8 Å². The predicted octanol–water partition coefficient (Wildman–Crippen LogP) is 1.43. The first-order valence-corrected chi connectivity index (χ1v) is 6.43. The van der Waals surface area contributed by atoms with Crippen molar-refractivity contribution < 1.29 is 5.11 Å². The lowest BCUT2D eigenvalue weighted by Crippen LogP contribution is -2.37. The number of rotatable bonds is 3. The molecule has 0 spiro atoms. The van der Waals surface area contributed by atoms with E-state index in [2.05, 4.69) is 4.99 Å². The maximum absolute atomic E-state index is 10.3. The zero-order valence-corrected chi connectivity index (χ0v) is 12.0. The second-order valence-electron chi connectivity index (χ2n) is 4.69. The first kappa shape index (κ1) is 14.0. The van der Waals surface area contributed by atoms with E-state index in [4.69, 9.17) is 0 Å². The molecule has 1 N–H and O–H groups in total. The molecule has 0 aliphatic heterocycles. The van der Waals surface area contributed by atoms with Gasteiger partial charge >= 0.3 is 0 Å². The largest absolute Gasteiger partial charge is 0.383 e. The molecule has 96 valence electrons. The summed E-state index contributed by atoms with van der Waals surface area (Å²) in [6, 6.07) is 1.94. The lowest BCUT2D eigenvalue weighted by Gasteiger charge is -2.25. The summed E-state index contributed by atoms with van der Waals surface area (Å²) in [5.41, 5.74) is 0.0141. The fourth-order valence-electron chi connectivity index (χ4n) is 1.57. The minimum Gasteiger partial charge on any atom is -0.383 e. The Kier molecular flexibility index (Phi) is 4.54. The lowest BCUT2D eigenvalue weighted by molar-refractivity contribution is 0.0673. The molecule has 0 radical (unpaired) electrons. The Hall–Kier alpha value is -1.07. The summed E-state index contributed by atoms with van der Waals surface area (Å²) in [5, 5.41) is 14.3. The molecular weight excluding hydrogens is 234 g/mol. The fraction of sp³-hybridized carbons (Fsp3) is 0.583. The molecular formula is C12H21N3OS. The molecule has 1 rings (SSSR count). The van der Waals surface area contributed by atoms with E-state index in [1.54, 1.807) is 18.3 Å². The standard InChI is InChI=1S/C12H21N3OS/c1-12(16,10-6-7-17-8-10)9-13-11(14(2)3)15(4)5/h6-8,16H,9H2,1-5H3. The van der Waals surface area contributed by atoms with Gasteiger partial charge in [0.2, 0.25) is 0 Å². The lowest BCUT2D eigenvalue weighted by atomic mass is 10.00. The molecule has 1 aromatic heterocycles. The molecule has 0 fully saturated rings. The van der Waals surface area contributed by atoms with Gasteiger partial charge in [-0.25, -0.2) is 4.99 Å². The normalized spacial score (nSPS) is 14.0. The van der Waals surface area contributed by atoms with Crippen molar-refractivity contribution in [2.45, 2.75) is 12.5 Å². The summed E-state index contributed by atoms with van der Waals surface area (Å²) >= 11 is 1.58. The average molecular weight is 255 g/mol. The summed E-state index contributed by atoms with van der Waals surface area (Å²) < 4.78 is 0. The van der Waals surface area contributed by atoms with E-state index in [1.165, 1.54) is 0 Å². The van der Waals surface area contributed by atoms with Crippen LogP contribution in [0.5, 0.6) is 0 Å². The highest BCUT2D eigenvalue weighted by atomic mass is 32.1. The van der Waals surface area contributed by atoms with Crippen LogP contribution < -0.4 is 0 Å². The summed E-state index contributed by atoms with van der Waals surface area (Å²) in [4.78, 5) is 8.34. The van der Waals surface area contributed by atoms with Crippen LogP contribution in [-0.2, 0) is 5.60 Å². The number of aliphatic imine (C=N–C) groups is 1. The number of thiophene rings is 1. The van der Waals surface area contributed by atoms with Crippen LogP contribution in [0.4, 0.5) is 0 Å². The number of aliphatic hydroxyl groups is 1. The van der Waals surface area contributed by atoms with Crippen LogP contribution in [0, 0.1) is 0 Å². The molecule has 0 bridgehead atoms. The highest BCUT2D eigenvalue weighted by molar-refractivity contribution is 7.08. The quantitative estimate of drug-likeness (QED) is 0.656. The van der Waals surface area contributed by atoms with Crippen LogP contribution in [0.25, 0.3) is 0 Å². The van der Waals surface area contributed by atoms with E-state index in [0.29, 0.717) is 6.54 Å². The van der Waals surface area contributed by atoms with E-state index in [-0.39, 0.29) is 0 Å². The molecule has 0 aromatic carbocycles. The first-order chi connectivity index (χ1) is 7.84.